The summed E-state index contributed by atoms with van der Waals surface area (Å²) in [7, 11) is 7.19. The number of aldehydes is 1. The first-order valence-corrected chi connectivity index (χ1v) is 12.8. The van der Waals surface area contributed by atoms with E-state index in [-0.39, 0.29) is 10.8 Å². The molecule has 0 spiro atoms. The Morgan fingerprint density at radius 1 is 0.833 bits per heavy atom. The number of carbonyl (C=O) groups is 3. The number of nitrogens with one attached hydrogen (secondary N) is 1. The van der Waals surface area contributed by atoms with Crippen molar-refractivity contribution in [3.63, 3.8) is 0 Å². The summed E-state index contributed by atoms with van der Waals surface area (Å²) in [5.41, 5.74) is 0.107. The van der Waals surface area contributed by atoms with Crippen LogP contribution in [0.15, 0.2) is 54.6 Å². The number of carbonyl (C=O) groups excluding carboxylic acids is 3. The molecule has 10 nitrogen and oxygen atoms in total. The van der Waals surface area contributed by atoms with Crippen molar-refractivity contribution >= 4 is 34.6 Å². The minimum Gasteiger partial charge on any atom is -0.497 e. The topological polar surface area (TPSA) is 122 Å². The molecular weight excluding hydrogens is 574 g/mol. The van der Waals surface area contributed by atoms with Crippen molar-refractivity contribution < 1.29 is 46.8 Å². The van der Waals surface area contributed by atoms with E-state index in [1.165, 1.54) is 28.4 Å². The lowest BCUT2D eigenvalue weighted by Crippen LogP contribution is -2.16. The van der Waals surface area contributed by atoms with Crippen molar-refractivity contribution in [2.75, 3.05) is 40.9 Å². The fourth-order valence-corrected chi connectivity index (χ4v) is 4.56. The maximum Gasteiger partial charge on any atom is 0.358 e. The predicted molar refractivity (Wildman–Crippen MR) is 151 cm³/mol. The van der Waals surface area contributed by atoms with Gasteiger partial charge in [-0.15, -0.1) is 0 Å². The van der Waals surface area contributed by atoms with Crippen LogP contribution >= 0.6 is 11.3 Å². The molecule has 0 aliphatic carbocycles. The monoisotopic (exact) mass is 600 g/mol. The van der Waals surface area contributed by atoms with Gasteiger partial charge in [0.2, 0.25) is 0 Å². The number of ether oxygens (including phenoxy) is 5. The molecule has 1 heterocycles. The first kappa shape index (κ1) is 31.5. The van der Waals surface area contributed by atoms with Gasteiger partial charge in [0.05, 0.1) is 46.0 Å². The first-order chi connectivity index (χ1) is 20.2. The van der Waals surface area contributed by atoms with Gasteiger partial charge in [-0.2, -0.15) is 0 Å². The zero-order valence-corrected chi connectivity index (χ0v) is 24.0. The van der Waals surface area contributed by atoms with Crippen LogP contribution in [0.2, 0.25) is 0 Å². The van der Waals surface area contributed by atoms with Crippen LogP contribution in [-0.2, 0) is 4.74 Å². The van der Waals surface area contributed by atoms with Crippen LogP contribution in [0, 0.1) is 11.6 Å². The average molecular weight is 601 g/mol. The van der Waals surface area contributed by atoms with Gasteiger partial charge in [-0.05, 0) is 48.5 Å². The van der Waals surface area contributed by atoms with Crippen molar-refractivity contribution in [3.05, 3.63) is 83.1 Å². The predicted octanol–water partition coefficient (Wildman–Crippen LogP) is 5.66. The van der Waals surface area contributed by atoms with Crippen molar-refractivity contribution in [1.82, 2.24) is 4.98 Å². The second-order valence-corrected chi connectivity index (χ2v) is 9.03. The highest BCUT2D eigenvalue weighted by atomic mass is 32.1. The van der Waals surface area contributed by atoms with E-state index in [4.69, 9.17) is 23.7 Å². The van der Waals surface area contributed by atoms with Gasteiger partial charge in [-0.3, -0.25) is 14.9 Å². The molecule has 0 saturated heterocycles. The zero-order chi connectivity index (χ0) is 30.8. The first-order valence-electron chi connectivity index (χ1n) is 11.9. The second-order valence-electron chi connectivity index (χ2n) is 8.03. The lowest BCUT2D eigenvalue weighted by molar-refractivity contribution is 0.0595. The molecule has 4 aromatic rings. The smallest absolute Gasteiger partial charge is 0.358 e. The van der Waals surface area contributed by atoms with Gasteiger partial charge in [0.25, 0.3) is 5.91 Å². The third kappa shape index (κ3) is 7.18. The summed E-state index contributed by atoms with van der Waals surface area (Å²) in [6, 6.07) is 13.1. The highest BCUT2D eigenvalue weighted by Gasteiger charge is 2.25. The molecule has 1 aromatic heterocycles. The molecule has 1 N–H and O–H groups in total. The molecule has 0 atom stereocenters. The van der Waals surface area contributed by atoms with E-state index < -0.39 is 29.1 Å². The Balaban J connectivity index is 0.000000337. The number of rotatable bonds is 9. The van der Waals surface area contributed by atoms with Crippen LogP contribution in [0.25, 0.3) is 10.4 Å². The Hall–Kier alpha value is -5.04. The van der Waals surface area contributed by atoms with Crippen molar-refractivity contribution in [2.24, 2.45) is 0 Å². The maximum atomic E-state index is 13.9. The number of thiazole rings is 1. The molecule has 220 valence electrons. The van der Waals surface area contributed by atoms with Crippen molar-refractivity contribution in [2.45, 2.75) is 0 Å². The van der Waals surface area contributed by atoms with E-state index in [1.807, 2.05) is 0 Å². The minimum atomic E-state index is -1.04. The highest BCUT2D eigenvalue weighted by molar-refractivity contribution is 7.19. The summed E-state index contributed by atoms with van der Waals surface area (Å²) in [6.07, 6.45) is 0.737. The number of aromatic nitrogens is 1. The fraction of sp³-hybridized carbons (Fsp3) is 0.172. The van der Waals surface area contributed by atoms with Crippen LogP contribution in [-0.4, -0.2) is 58.7 Å². The maximum absolute atomic E-state index is 13.9. The molecule has 3 aromatic carbocycles. The molecular formula is C29H26F2N2O8S. The zero-order valence-electron chi connectivity index (χ0n) is 23.2. The largest absolute Gasteiger partial charge is 0.497 e. The van der Waals surface area contributed by atoms with Crippen LogP contribution in [0.4, 0.5) is 13.9 Å². The molecule has 0 aliphatic rings. The quantitative estimate of drug-likeness (QED) is 0.192. The third-order valence-electron chi connectivity index (χ3n) is 5.63. The SMILES string of the molecule is COC(=O)c1nc(NC(=O)c2c(F)cccc2F)sc1-c1cc(OC)ccc1OC.COc1ccc(OC)c(C=O)c1. The van der Waals surface area contributed by atoms with E-state index >= 15 is 0 Å². The Bertz CT molecular complexity index is 1570. The molecule has 0 radical (unpaired) electrons. The third-order valence-corrected chi connectivity index (χ3v) is 6.64. The number of esters is 1. The normalized spacial score (nSPS) is 10.1. The number of amides is 1. The van der Waals surface area contributed by atoms with Crippen LogP contribution in [0.1, 0.15) is 31.2 Å². The van der Waals surface area contributed by atoms with E-state index in [9.17, 15) is 23.2 Å². The van der Waals surface area contributed by atoms with Gasteiger partial charge in [-0.1, -0.05) is 17.4 Å². The van der Waals surface area contributed by atoms with Crippen molar-refractivity contribution in [1.29, 1.82) is 0 Å². The van der Waals surface area contributed by atoms with Crippen LogP contribution < -0.4 is 24.3 Å². The Morgan fingerprint density at radius 2 is 1.43 bits per heavy atom. The van der Waals surface area contributed by atoms with Crippen LogP contribution in [0.5, 0.6) is 23.0 Å². The number of anilines is 1. The summed E-state index contributed by atoms with van der Waals surface area (Å²) < 4.78 is 53.0. The summed E-state index contributed by atoms with van der Waals surface area (Å²) in [5.74, 6) is -1.72. The average Bonchev–Trinajstić information content (AvgIpc) is 3.43. The molecule has 0 unspecified atom stereocenters. The van der Waals surface area contributed by atoms with Gasteiger partial charge in [0.1, 0.15) is 40.2 Å². The van der Waals surface area contributed by atoms with Gasteiger partial charge in [0, 0.05) is 5.56 Å². The van der Waals surface area contributed by atoms with E-state index in [1.54, 1.807) is 43.5 Å². The van der Waals surface area contributed by atoms with Crippen LogP contribution in [0.3, 0.4) is 0 Å². The van der Waals surface area contributed by atoms with Gasteiger partial charge in [-0.25, -0.2) is 18.6 Å². The van der Waals surface area contributed by atoms with Crippen molar-refractivity contribution in [3.8, 4) is 33.4 Å². The Morgan fingerprint density at radius 3 is 1.98 bits per heavy atom. The fourth-order valence-electron chi connectivity index (χ4n) is 3.59. The van der Waals surface area contributed by atoms with E-state index in [2.05, 4.69) is 10.3 Å². The van der Waals surface area contributed by atoms with E-state index in [0.29, 0.717) is 39.0 Å². The highest BCUT2D eigenvalue weighted by Crippen LogP contribution is 2.41. The summed E-state index contributed by atoms with van der Waals surface area (Å²) in [4.78, 5) is 39.6. The second kappa shape index (κ2) is 14.6. The standard InChI is InChI=1S/C20H16F2N2O5S.C9H10O3/c1-27-10-7-8-14(28-2)11(9-10)17-16(19(26)29-3)23-20(30-17)24-18(25)15-12(21)5-4-6-13(15)22;1-11-8-3-4-9(12-2)7(5-8)6-10/h4-9H,1-3H3,(H,23,24,25);3-6H,1-2H3. The summed E-state index contributed by atoms with van der Waals surface area (Å²) in [5, 5.41) is 2.27. The molecule has 13 heteroatoms. The molecule has 1 amide bonds. The van der Waals surface area contributed by atoms with E-state index in [0.717, 1.165) is 35.8 Å². The number of hydrogen-bond acceptors (Lipinski definition) is 10. The van der Waals surface area contributed by atoms with Gasteiger partial charge >= 0.3 is 5.97 Å². The summed E-state index contributed by atoms with van der Waals surface area (Å²) >= 11 is 0.915. The number of hydrogen-bond donors (Lipinski definition) is 1. The molecule has 4 rings (SSSR count). The van der Waals surface area contributed by atoms with Gasteiger partial charge in [0.15, 0.2) is 17.1 Å². The Kier molecular flexibility index (Phi) is 10.9. The Labute approximate surface area is 243 Å². The molecule has 0 fully saturated rings. The lowest BCUT2D eigenvalue weighted by Gasteiger charge is -2.09. The number of benzene rings is 3. The number of nitrogens with zero attached hydrogens (tertiary/aromatic N) is 1. The molecule has 0 saturated carbocycles. The molecule has 42 heavy (non-hydrogen) atoms. The summed E-state index contributed by atoms with van der Waals surface area (Å²) in [6.45, 7) is 0. The number of halogens is 2. The number of methoxy groups -OCH3 is 5. The molecule has 0 aliphatic heterocycles. The minimum absolute atomic E-state index is 0.0528. The molecule has 0 bridgehead atoms. The van der Waals surface area contributed by atoms with Gasteiger partial charge < -0.3 is 23.7 Å². The lowest BCUT2D eigenvalue weighted by atomic mass is 10.1.